The molecule has 0 N–H and O–H groups in total. The van der Waals surface area contributed by atoms with Crippen molar-refractivity contribution in [2.24, 2.45) is 0 Å². The zero-order valence-corrected chi connectivity index (χ0v) is 18.0. The summed E-state index contributed by atoms with van der Waals surface area (Å²) < 4.78 is 7.99. The SMILES string of the molecule is CN(Cc1nc2ccccc2n1CCCOc1ccc(Cl)cc1)C(=O)c1ccncc1. The van der Waals surface area contributed by atoms with Gasteiger partial charge in [0.2, 0.25) is 0 Å². The molecule has 2 aromatic carbocycles. The molecule has 6 nitrogen and oxygen atoms in total. The summed E-state index contributed by atoms with van der Waals surface area (Å²) in [6, 6.07) is 18.8. The Labute approximate surface area is 186 Å². The third-order valence-corrected chi connectivity index (χ3v) is 5.25. The fourth-order valence-corrected chi connectivity index (χ4v) is 3.56. The number of nitrogens with zero attached hydrogens (tertiary/aromatic N) is 4. The lowest BCUT2D eigenvalue weighted by Crippen LogP contribution is -2.28. The van der Waals surface area contributed by atoms with Gasteiger partial charge in [0, 0.05) is 36.6 Å². The van der Waals surface area contributed by atoms with Crippen LogP contribution >= 0.6 is 11.6 Å². The number of fused-ring (bicyclic) bond motifs is 1. The molecule has 0 saturated carbocycles. The smallest absolute Gasteiger partial charge is 0.254 e. The van der Waals surface area contributed by atoms with Gasteiger partial charge in [-0.05, 0) is 55.0 Å². The summed E-state index contributed by atoms with van der Waals surface area (Å²) in [6.45, 7) is 1.72. The van der Waals surface area contributed by atoms with Gasteiger partial charge in [-0.3, -0.25) is 9.78 Å². The van der Waals surface area contributed by atoms with Gasteiger partial charge in [-0.1, -0.05) is 23.7 Å². The number of carbonyl (C=O) groups excluding carboxylic acids is 1. The Morgan fingerprint density at radius 1 is 1.06 bits per heavy atom. The number of amides is 1. The highest BCUT2D eigenvalue weighted by molar-refractivity contribution is 6.30. The molecule has 31 heavy (non-hydrogen) atoms. The number of aryl methyl sites for hydroxylation is 1. The predicted molar refractivity (Wildman–Crippen MR) is 121 cm³/mol. The van der Waals surface area contributed by atoms with E-state index < -0.39 is 0 Å². The number of halogens is 1. The van der Waals surface area contributed by atoms with Crippen LogP contribution in [-0.2, 0) is 13.1 Å². The summed E-state index contributed by atoms with van der Waals surface area (Å²) >= 11 is 5.92. The molecule has 0 aliphatic heterocycles. The summed E-state index contributed by atoms with van der Waals surface area (Å²) in [5, 5.41) is 0.687. The first kappa shape index (κ1) is 20.9. The van der Waals surface area contributed by atoms with E-state index in [1.165, 1.54) is 0 Å². The van der Waals surface area contributed by atoms with Crippen molar-refractivity contribution in [1.82, 2.24) is 19.4 Å². The highest BCUT2D eigenvalue weighted by Crippen LogP contribution is 2.19. The molecule has 0 unspecified atom stereocenters. The first-order valence-corrected chi connectivity index (χ1v) is 10.5. The normalized spacial score (nSPS) is 10.9. The first-order valence-electron chi connectivity index (χ1n) is 10.1. The fraction of sp³-hybridized carbons (Fsp3) is 0.208. The summed E-state index contributed by atoms with van der Waals surface area (Å²) in [4.78, 5) is 23.2. The molecule has 0 radical (unpaired) electrons. The van der Waals surface area contributed by atoms with Gasteiger partial charge < -0.3 is 14.2 Å². The molecule has 4 aromatic rings. The van der Waals surface area contributed by atoms with Crippen LogP contribution in [0.25, 0.3) is 11.0 Å². The van der Waals surface area contributed by atoms with Crippen molar-refractivity contribution in [3.8, 4) is 5.75 Å². The third kappa shape index (κ3) is 5.03. The zero-order chi connectivity index (χ0) is 21.6. The minimum Gasteiger partial charge on any atom is -0.494 e. The van der Waals surface area contributed by atoms with E-state index in [4.69, 9.17) is 21.3 Å². The van der Waals surface area contributed by atoms with E-state index in [0.29, 0.717) is 23.7 Å². The number of aromatic nitrogens is 3. The predicted octanol–water partition coefficient (Wildman–Crippen LogP) is 4.83. The molecule has 2 heterocycles. The van der Waals surface area contributed by atoms with Gasteiger partial charge >= 0.3 is 0 Å². The molecule has 1 amide bonds. The lowest BCUT2D eigenvalue weighted by atomic mass is 10.2. The molecule has 0 atom stereocenters. The van der Waals surface area contributed by atoms with E-state index in [2.05, 4.69) is 15.6 Å². The topological polar surface area (TPSA) is 60.2 Å². The van der Waals surface area contributed by atoms with Gasteiger partial charge in [-0.25, -0.2) is 4.98 Å². The van der Waals surface area contributed by atoms with Gasteiger partial charge in [0.25, 0.3) is 5.91 Å². The summed E-state index contributed by atoms with van der Waals surface area (Å²) in [6.07, 6.45) is 4.05. The minimum atomic E-state index is -0.0629. The van der Waals surface area contributed by atoms with Crippen LogP contribution in [-0.4, -0.2) is 39.0 Å². The first-order chi connectivity index (χ1) is 15.1. The van der Waals surface area contributed by atoms with Crippen molar-refractivity contribution < 1.29 is 9.53 Å². The average Bonchev–Trinajstić information content (AvgIpc) is 3.15. The number of hydrogen-bond donors (Lipinski definition) is 0. The van der Waals surface area contributed by atoms with Crippen molar-refractivity contribution in [2.75, 3.05) is 13.7 Å². The van der Waals surface area contributed by atoms with E-state index in [1.807, 2.05) is 42.5 Å². The molecule has 0 fully saturated rings. The number of rotatable bonds is 8. The van der Waals surface area contributed by atoms with Gasteiger partial charge in [-0.15, -0.1) is 0 Å². The number of para-hydroxylation sites is 2. The van der Waals surface area contributed by atoms with E-state index in [-0.39, 0.29) is 5.91 Å². The number of imidazole rings is 1. The van der Waals surface area contributed by atoms with Crippen molar-refractivity contribution in [2.45, 2.75) is 19.5 Å². The Morgan fingerprint density at radius 3 is 2.58 bits per heavy atom. The number of ether oxygens (including phenoxy) is 1. The Hall–Kier alpha value is -3.38. The molecule has 0 saturated heterocycles. The van der Waals surface area contributed by atoms with Crippen molar-refractivity contribution >= 4 is 28.5 Å². The Morgan fingerprint density at radius 2 is 1.81 bits per heavy atom. The van der Waals surface area contributed by atoms with Crippen molar-refractivity contribution in [3.05, 3.63) is 89.5 Å². The van der Waals surface area contributed by atoms with Crippen LogP contribution in [0.1, 0.15) is 22.6 Å². The molecule has 4 rings (SSSR count). The molecule has 0 aliphatic carbocycles. The maximum absolute atomic E-state index is 12.7. The highest BCUT2D eigenvalue weighted by atomic mass is 35.5. The molecular formula is C24H23ClN4O2. The van der Waals surface area contributed by atoms with Crippen LogP contribution in [0.15, 0.2) is 73.1 Å². The Kier molecular flexibility index (Phi) is 6.48. The van der Waals surface area contributed by atoms with Crippen molar-refractivity contribution in [1.29, 1.82) is 0 Å². The van der Waals surface area contributed by atoms with E-state index in [9.17, 15) is 4.79 Å². The van der Waals surface area contributed by atoms with Crippen LogP contribution in [0, 0.1) is 0 Å². The maximum Gasteiger partial charge on any atom is 0.254 e. The van der Waals surface area contributed by atoms with Crippen molar-refractivity contribution in [3.63, 3.8) is 0 Å². The quantitative estimate of drug-likeness (QED) is 0.373. The van der Waals surface area contributed by atoms with Crippen LogP contribution in [0.2, 0.25) is 5.02 Å². The standard InChI is InChI=1S/C24H23ClN4O2/c1-28(24(30)18-11-13-26-14-12-18)17-23-27-21-5-2-3-6-22(21)29(23)15-4-16-31-20-9-7-19(25)8-10-20/h2-3,5-14H,4,15-17H2,1H3. The Balaban J connectivity index is 1.46. The summed E-state index contributed by atoms with van der Waals surface area (Å²) in [5.41, 5.74) is 2.58. The Bertz CT molecular complexity index is 1160. The van der Waals surface area contributed by atoms with E-state index >= 15 is 0 Å². The second-order valence-corrected chi connectivity index (χ2v) is 7.66. The second-order valence-electron chi connectivity index (χ2n) is 7.22. The average molecular weight is 435 g/mol. The van der Waals surface area contributed by atoms with Gasteiger partial charge in [0.05, 0.1) is 24.2 Å². The molecule has 7 heteroatoms. The molecule has 2 aromatic heterocycles. The largest absolute Gasteiger partial charge is 0.494 e. The van der Waals surface area contributed by atoms with Crippen LogP contribution < -0.4 is 4.74 Å². The highest BCUT2D eigenvalue weighted by Gasteiger charge is 2.17. The van der Waals surface area contributed by atoms with Gasteiger partial charge in [0.1, 0.15) is 11.6 Å². The summed E-state index contributed by atoms with van der Waals surface area (Å²) in [7, 11) is 1.79. The lowest BCUT2D eigenvalue weighted by molar-refractivity contribution is 0.0780. The van der Waals surface area contributed by atoms with Crippen LogP contribution in [0.3, 0.4) is 0 Å². The number of pyridine rings is 1. The number of carbonyl (C=O) groups is 1. The monoisotopic (exact) mass is 434 g/mol. The maximum atomic E-state index is 12.7. The molecular weight excluding hydrogens is 412 g/mol. The molecule has 158 valence electrons. The lowest BCUT2D eigenvalue weighted by Gasteiger charge is -2.18. The zero-order valence-electron chi connectivity index (χ0n) is 17.2. The fourth-order valence-electron chi connectivity index (χ4n) is 3.44. The van der Waals surface area contributed by atoms with E-state index in [0.717, 1.165) is 35.6 Å². The van der Waals surface area contributed by atoms with Crippen LogP contribution in [0.5, 0.6) is 5.75 Å². The summed E-state index contributed by atoms with van der Waals surface area (Å²) in [5.74, 6) is 1.58. The number of hydrogen-bond acceptors (Lipinski definition) is 4. The van der Waals surface area contributed by atoms with Gasteiger partial charge in [0.15, 0.2) is 0 Å². The molecule has 0 bridgehead atoms. The number of benzene rings is 2. The van der Waals surface area contributed by atoms with E-state index in [1.54, 1.807) is 36.5 Å². The van der Waals surface area contributed by atoms with Crippen LogP contribution in [0.4, 0.5) is 0 Å². The third-order valence-electron chi connectivity index (χ3n) is 4.99. The molecule has 0 aliphatic rings. The molecule has 0 spiro atoms. The second kappa shape index (κ2) is 9.62. The van der Waals surface area contributed by atoms with Gasteiger partial charge in [-0.2, -0.15) is 0 Å². The minimum absolute atomic E-state index is 0.0629.